The molecular formula is C17H31N. The van der Waals surface area contributed by atoms with Crippen molar-refractivity contribution in [2.75, 3.05) is 6.54 Å². The Bertz CT molecular complexity index is 256. The molecule has 0 spiro atoms. The molecule has 0 aromatic rings. The maximum atomic E-state index is 3.80. The SMILES string of the molecule is CCNC(CC1CCCC1)CC1CC2CCC1C2. The van der Waals surface area contributed by atoms with E-state index in [-0.39, 0.29) is 0 Å². The lowest BCUT2D eigenvalue weighted by Crippen LogP contribution is -2.33. The molecule has 3 aliphatic carbocycles. The van der Waals surface area contributed by atoms with Crippen LogP contribution in [0, 0.1) is 23.7 Å². The molecule has 2 bridgehead atoms. The Morgan fingerprint density at radius 3 is 2.44 bits per heavy atom. The molecule has 4 atom stereocenters. The Balaban J connectivity index is 1.49. The van der Waals surface area contributed by atoms with Gasteiger partial charge >= 0.3 is 0 Å². The third-order valence-corrected chi connectivity index (χ3v) is 6.06. The van der Waals surface area contributed by atoms with Gasteiger partial charge in [0, 0.05) is 6.04 Å². The largest absolute Gasteiger partial charge is 0.314 e. The van der Waals surface area contributed by atoms with Gasteiger partial charge in [-0.3, -0.25) is 0 Å². The second-order valence-electron chi connectivity index (χ2n) is 7.31. The maximum absolute atomic E-state index is 3.80. The fraction of sp³-hybridized carbons (Fsp3) is 1.00. The van der Waals surface area contributed by atoms with Gasteiger partial charge in [0.1, 0.15) is 0 Å². The second kappa shape index (κ2) is 5.94. The molecule has 3 rings (SSSR count). The molecule has 0 aromatic carbocycles. The lowest BCUT2D eigenvalue weighted by Gasteiger charge is -2.28. The van der Waals surface area contributed by atoms with Crippen LogP contribution in [0.5, 0.6) is 0 Å². The fourth-order valence-corrected chi connectivity index (χ4v) is 5.23. The first-order valence-corrected chi connectivity index (χ1v) is 8.58. The topological polar surface area (TPSA) is 12.0 Å². The van der Waals surface area contributed by atoms with Crippen LogP contribution < -0.4 is 5.32 Å². The second-order valence-corrected chi connectivity index (χ2v) is 7.31. The molecule has 3 saturated carbocycles. The molecule has 18 heavy (non-hydrogen) atoms. The van der Waals surface area contributed by atoms with Crippen LogP contribution in [0.2, 0.25) is 0 Å². The molecule has 0 heterocycles. The molecular weight excluding hydrogens is 218 g/mol. The van der Waals surface area contributed by atoms with Crippen LogP contribution in [0.25, 0.3) is 0 Å². The highest BCUT2D eigenvalue weighted by atomic mass is 14.9. The number of nitrogens with one attached hydrogen (secondary N) is 1. The predicted molar refractivity (Wildman–Crippen MR) is 77.6 cm³/mol. The predicted octanol–water partition coefficient (Wildman–Crippen LogP) is 4.37. The van der Waals surface area contributed by atoms with Gasteiger partial charge in [0.05, 0.1) is 0 Å². The van der Waals surface area contributed by atoms with E-state index in [1.54, 1.807) is 25.7 Å². The molecule has 0 saturated heterocycles. The van der Waals surface area contributed by atoms with Gasteiger partial charge in [-0.25, -0.2) is 0 Å². The summed E-state index contributed by atoms with van der Waals surface area (Å²) in [5, 5.41) is 3.80. The zero-order chi connectivity index (χ0) is 12.4. The summed E-state index contributed by atoms with van der Waals surface area (Å²) in [7, 11) is 0. The molecule has 1 heteroatoms. The van der Waals surface area contributed by atoms with E-state index in [1.165, 1.54) is 38.5 Å². The summed E-state index contributed by atoms with van der Waals surface area (Å²) in [6.45, 7) is 3.45. The molecule has 3 aliphatic rings. The minimum absolute atomic E-state index is 0.836. The summed E-state index contributed by atoms with van der Waals surface area (Å²) < 4.78 is 0. The monoisotopic (exact) mass is 249 g/mol. The van der Waals surface area contributed by atoms with Gasteiger partial charge in [0.15, 0.2) is 0 Å². The van der Waals surface area contributed by atoms with Crippen molar-refractivity contribution in [2.45, 2.75) is 77.2 Å². The number of fused-ring (bicyclic) bond motifs is 2. The lowest BCUT2D eigenvalue weighted by atomic mass is 9.82. The maximum Gasteiger partial charge on any atom is 0.00723 e. The summed E-state index contributed by atoms with van der Waals surface area (Å²) in [5.74, 6) is 4.36. The minimum atomic E-state index is 0.836. The highest BCUT2D eigenvalue weighted by Crippen LogP contribution is 2.50. The molecule has 0 aliphatic heterocycles. The van der Waals surface area contributed by atoms with E-state index in [0.29, 0.717) is 0 Å². The Morgan fingerprint density at radius 1 is 1.00 bits per heavy atom. The van der Waals surface area contributed by atoms with Crippen LogP contribution in [0.1, 0.15) is 71.1 Å². The highest BCUT2D eigenvalue weighted by molar-refractivity contribution is 4.92. The Labute approximate surface area is 113 Å². The summed E-state index contributed by atoms with van der Waals surface area (Å²) in [5.41, 5.74) is 0. The van der Waals surface area contributed by atoms with Gasteiger partial charge in [0.2, 0.25) is 0 Å². The van der Waals surface area contributed by atoms with Gasteiger partial charge in [-0.05, 0) is 62.3 Å². The Morgan fingerprint density at radius 2 is 1.83 bits per heavy atom. The van der Waals surface area contributed by atoms with E-state index in [4.69, 9.17) is 0 Å². The summed E-state index contributed by atoms with van der Waals surface area (Å²) in [6, 6.07) is 0.836. The van der Waals surface area contributed by atoms with Crippen LogP contribution >= 0.6 is 0 Å². The van der Waals surface area contributed by atoms with Crippen molar-refractivity contribution in [1.82, 2.24) is 5.32 Å². The Hall–Kier alpha value is -0.0400. The van der Waals surface area contributed by atoms with Gasteiger partial charge < -0.3 is 5.32 Å². The normalized spacial score (nSPS) is 37.5. The highest BCUT2D eigenvalue weighted by Gasteiger charge is 2.40. The first-order chi connectivity index (χ1) is 8.85. The molecule has 4 unspecified atom stereocenters. The number of hydrogen-bond donors (Lipinski definition) is 1. The van der Waals surface area contributed by atoms with Crippen molar-refractivity contribution < 1.29 is 0 Å². The molecule has 1 nitrogen and oxygen atoms in total. The average molecular weight is 249 g/mol. The third kappa shape index (κ3) is 2.92. The minimum Gasteiger partial charge on any atom is -0.314 e. The fourth-order valence-electron chi connectivity index (χ4n) is 5.23. The quantitative estimate of drug-likeness (QED) is 0.737. The van der Waals surface area contributed by atoms with Crippen molar-refractivity contribution >= 4 is 0 Å². The van der Waals surface area contributed by atoms with Gasteiger partial charge in [-0.15, -0.1) is 0 Å². The molecule has 1 N–H and O–H groups in total. The van der Waals surface area contributed by atoms with Crippen LogP contribution in [-0.2, 0) is 0 Å². The van der Waals surface area contributed by atoms with Crippen molar-refractivity contribution in [3.63, 3.8) is 0 Å². The third-order valence-electron chi connectivity index (χ3n) is 6.06. The van der Waals surface area contributed by atoms with E-state index in [0.717, 1.165) is 36.3 Å². The van der Waals surface area contributed by atoms with Gasteiger partial charge in [-0.1, -0.05) is 39.0 Å². The van der Waals surface area contributed by atoms with Crippen LogP contribution in [0.3, 0.4) is 0 Å². The first-order valence-electron chi connectivity index (χ1n) is 8.58. The van der Waals surface area contributed by atoms with E-state index in [9.17, 15) is 0 Å². The summed E-state index contributed by atoms with van der Waals surface area (Å²) >= 11 is 0. The van der Waals surface area contributed by atoms with E-state index in [2.05, 4.69) is 12.2 Å². The van der Waals surface area contributed by atoms with Crippen molar-refractivity contribution in [1.29, 1.82) is 0 Å². The zero-order valence-electron chi connectivity index (χ0n) is 12.2. The van der Waals surface area contributed by atoms with E-state index >= 15 is 0 Å². The molecule has 0 aromatic heterocycles. The summed E-state index contributed by atoms with van der Waals surface area (Å²) in [6.07, 6.45) is 15.2. The standard InChI is InChI=1S/C17H31N/c1-2-18-17(11-13-5-3-4-6-13)12-16-10-14-7-8-15(16)9-14/h13-18H,2-12H2,1H3. The van der Waals surface area contributed by atoms with Crippen LogP contribution in [0.4, 0.5) is 0 Å². The molecule has 104 valence electrons. The molecule has 0 radical (unpaired) electrons. The van der Waals surface area contributed by atoms with Crippen molar-refractivity contribution in [3.05, 3.63) is 0 Å². The van der Waals surface area contributed by atoms with Gasteiger partial charge in [0.25, 0.3) is 0 Å². The number of hydrogen-bond acceptors (Lipinski definition) is 1. The first kappa shape index (κ1) is 13.0. The van der Waals surface area contributed by atoms with Crippen LogP contribution in [-0.4, -0.2) is 12.6 Å². The van der Waals surface area contributed by atoms with E-state index < -0.39 is 0 Å². The smallest absolute Gasteiger partial charge is 0.00723 e. The average Bonchev–Trinajstić information content (AvgIpc) is 3.05. The van der Waals surface area contributed by atoms with Crippen LogP contribution in [0.15, 0.2) is 0 Å². The molecule has 3 fully saturated rings. The summed E-state index contributed by atoms with van der Waals surface area (Å²) in [4.78, 5) is 0. The van der Waals surface area contributed by atoms with Crippen molar-refractivity contribution in [3.8, 4) is 0 Å². The van der Waals surface area contributed by atoms with E-state index in [1.807, 2.05) is 0 Å². The lowest BCUT2D eigenvalue weighted by molar-refractivity contribution is 0.257. The zero-order valence-corrected chi connectivity index (χ0v) is 12.2. The molecule has 0 amide bonds. The number of rotatable bonds is 6. The van der Waals surface area contributed by atoms with Gasteiger partial charge in [-0.2, -0.15) is 0 Å². The van der Waals surface area contributed by atoms with Crippen molar-refractivity contribution in [2.24, 2.45) is 23.7 Å². The Kier molecular flexibility index (Phi) is 4.28.